The lowest BCUT2D eigenvalue weighted by molar-refractivity contribution is 0.263. The summed E-state index contributed by atoms with van der Waals surface area (Å²) in [6, 6.07) is 5.79. The first-order valence-corrected chi connectivity index (χ1v) is 7.16. The van der Waals surface area contributed by atoms with Crippen molar-refractivity contribution in [3.05, 3.63) is 34.6 Å². The van der Waals surface area contributed by atoms with Gasteiger partial charge in [-0.2, -0.15) is 0 Å². The fourth-order valence-corrected chi connectivity index (χ4v) is 2.88. The Kier molecular flexibility index (Phi) is 4.63. The van der Waals surface area contributed by atoms with Crippen molar-refractivity contribution in [2.24, 2.45) is 5.92 Å². The van der Waals surface area contributed by atoms with Gasteiger partial charge < -0.3 is 5.32 Å². The van der Waals surface area contributed by atoms with E-state index >= 15 is 0 Å². The number of halogens is 2. The number of hydrogen-bond acceptors (Lipinski definition) is 1. The summed E-state index contributed by atoms with van der Waals surface area (Å²) in [6.07, 6.45) is 5.15. The SMILES string of the molecule is CC(NC1CCCCC1C)c1ccc(Cl)c(F)c1. The number of benzene rings is 1. The van der Waals surface area contributed by atoms with E-state index in [4.69, 9.17) is 11.6 Å². The van der Waals surface area contributed by atoms with Crippen molar-refractivity contribution in [1.82, 2.24) is 5.32 Å². The van der Waals surface area contributed by atoms with E-state index in [1.807, 2.05) is 6.07 Å². The second-order valence-corrected chi connectivity index (χ2v) is 5.84. The Labute approximate surface area is 114 Å². The third-order valence-electron chi connectivity index (χ3n) is 4.02. The predicted octanol–water partition coefficient (Wildman–Crippen LogP) is 4.71. The molecule has 0 amide bonds. The van der Waals surface area contributed by atoms with E-state index < -0.39 is 0 Å². The Morgan fingerprint density at radius 2 is 2.06 bits per heavy atom. The van der Waals surface area contributed by atoms with Crippen LogP contribution in [-0.2, 0) is 0 Å². The first-order valence-electron chi connectivity index (χ1n) is 6.79. The minimum Gasteiger partial charge on any atom is -0.307 e. The Balaban J connectivity index is 2.02. The number of rotatable bonds is 3. The molecule has 0 bridgehead atoms. The molecule has 1 aromatic carbocycles. The van der Waals surface area contributed by atoms with Crippen LogP contribution >= 0.6 is 11.6 Å². The Morgan fingerprint density at radius 1 is 1.33 bits per heavy atom. The molecule has 1 aromatic rings. The first kappa shape index (κ1) is 13.8. The van der Waals surface area contributed by atoms with Gasteiger partial charge in [0.25, 0.3) is 0 Å². The molecule has 1 nitrogen and oxygen atoms in total. The third kappa shape index (κ3) is 3.24. The summed E-state index contributed by atoms with van der Waals surface area (Å²) in [5.41, 5.74) is 0.967. The minimum atomic E-state index is -0.334. The first-order chi connectivity index (χ1) is 8.58. The van der Waals surface area contributed by atoms with E-state index in [0.29, 0.717) is 12.0 Å². The molecule has 1 saturated carbocycles. The molecule has 3 unspecified atom stereocenters. The smallest absolute Gasteiger partial charge is 0.142 e. The van der Waals surface area contributed by atoms with Gasteiger partial charge in [-0.25, -0.2) is 4.39 Å². The van der Waals surface area contributed by atoms with E-state index in [1.165, 1.54) is 31.7 Å². The van der Waals surface area contributed by atoms with Crippen LogP contribution in [0.25, 0.3) is 0 Å². The highest BCUT2D eigenvalue weighted by molar-refractivity contribution is 6.30. The highest BCUT2D eigenvalue weighted by Gasteiger charge is 2.23. The summed E-state index contributed by atoms with van der Waals surface area (Å²) < 4.78 is 13.4. The molecule has 0 aromatic heterocycles. The zero-order valence-corrected chi connectivity index (χ0v) is 11.8. The highest BCUT2D eigenvalue weighted by Crippen LogP contribution is 2.27. The van der Waals surface area contributed by atoms with Crippen LogP contribution in [0, 0.1) is 11.7 Å². The summed E-state index contributed by atoms with van der Waals surface area (Å²) in [5.74, 6) is 0.373. The summed E-state index contributed by atoms with van der Waals surface area (Å²) in [7, 11) is 0. The van der Waals surface area contributed by atoms with E-state index in [0.717, 1.165) is 5.56 Å². The summed E-state index contributed by atoms with van der Waals surface area (Å²) in [5, 5.41) is 3.81. The average Bonchev–Trinajstić information content (AvgIpc) is 2.35. The Bertz CT molecular complexity index is 407. The molecule has 3 heteroatoms. The van der Waals surface area contributed by atoms with Gasteiger partial charge in [-0.1, -0.05) is 37.4 Å². The van der Waals surface area contributed by atoms with Gasteiger partial charge in [-0.3, -0.25) is 0 Å². The normalized spacial score (nSPS) is 26.0. The van der Waals surface area contributed by atoms with Crippen molar-refractivity contribution in [2.45, 2.75) is 51.6 Å². The third-order valence-corrected chi connectivity index (χ3v) is 4.33. The van der Waals surface area contributed by atoms with Crippen molar-refractivity contribution in [3.63, 3.8) is 0 Å². The lowest BCUT2D eigenvalue weighted by Crippen LogP contribution is -2.38. The van der Waals surface area contributed by atoms with Crippen LogP contribution in [-0.4, -0.2) is 6.04 Å². The molecule has 0 saturated heterocycles. The van der Waals surface area contributed by atoms with E-state index in [2.05, 4.69) is 19.2 Å². The van der Waals surface area contributed by atoms with E-state index in [9.17, 15) is 4.39 Å². The summed E-state index contributed by atoms with van der Waals surface area (Å²) >= 11 is 5.70. The van der Waals surface area contributed by atoms with Gasteiger partial charge in [-0.05, 0) is 43.4 Å². The van der Waals surface area contributed by atoms with Crippen molar-refractivity contribution >= 4 is 11.6 Å². The van der Waals surface area contributed by atoms with Crippen molar-refractivity contribution in [3.8, 4) is 0 Å². The van der Waals surface area contributed by atoms with E-state index in [-0.39, 0.29) is 16.9 Å². The van der Waals surface area contributed by atoms with Crippen molar-refractivity contribution in [2.75, 3.05) is 0 Å². The molecular weight excluding hydrogens is 249 g/mol. The second-order valence-electron chi connectivity index (χ2n) is 5.43. The molecule has 0 aliphatic heterocycles. The van der Waals surface area contributed by atoms with Crippen molar-refractivity contribution in [1.29, 1.82) is 0 Å². The highest BCUT2D eigenvalue weighted by atomic mass is 35.5. The summed E-state index contributed by atoms with van der Waals surface area (Å²) in [4.78, 5) is 0. The van der Waals surface area contributed by atoms with Crippen LogP contribution < -0.4 is 5.32 Å². The maximum Gasteiger partial charge on any atom is 0.142 e. The standard InChI is InChI=1S/C15H21ClFN/c1-10-5-3-4-6-15(10)18-11(2)12-7-8-13(16)14(17)9-12/h7-11,15,18H,3-6H2,1-2H3. The summed E-state index contributed by atoms with van der Waals surface area (Å²) in [6.45, 7) is 4.38. The van der Waals surface area contributed by atoms with Gasteiger partial charge in [-0.15, -0.1) is 0 Å². The largest absolute Gasteiger partial charge is 0.307 e. The topological polar surface area (TPSA) is 12.0 Å². The fraction of sp³-hybridized carbons (Fsp3) is 0.600. The maximum absolute atomic E-state index is 13.4. The lowest BCUT2D eigenvalue weighted by Gasteiger charge is -2.32. The van der Waals surface area contributed by atoms with Crippen molar-refractivity contribution < 1.29 is 4.39 Å². The van der Waals surface area contributed by atoms with Gasteiger partial charge >= 0.3 is 0 Å². The van der Waals surface area contributed by atoms with E-state index in [1.54, 1.807) is 6.07 Å². The molecule has 0 heterocycles. The van der Waals surface area contributed by atoms with Crippen LogP contribution in [0.5, 0.6) is 0 Å². The number of nitrogens with one attached hydrogen (secondary N) is 1. The number of hydrogen-bond donors (Lipinski definition) is 1. The second kappa shape index (κ2) is 6.03. The Morgan fingerprint density at radius 3 is 2.72 bits per heavy atom. The zero-order chi connectivity index (χ0) is 13.1. The molecule has 1 aliphatic carbocycles. The molecule has 1 N–H and O–H groups in total. The van der Waals surface area contributed by atoms with Crippen LogP contribution in [0.3, 0.4) is 0 Å². The molecule has 18 heavy (non-hydrogen) atoms. The van der Waals surface area contributed by atoms with Gasteiger partial charge in [0.2, 0.25) is 0 Å². The van der Waals surface area contributed by atoms with Crippen LogP contribution in [0.4, 0.5) is 4.39 Å². The van der Waals surface area contributed by atoms with Crippen LogP contribution in [0.2, 0.25) is 5.02 Å². The van der Waals surface area contributed by atoms with Gasteiger partial charge in [0, 0.05) is 12.1 Å². The molecule has 1 aliphatic rings. The fourth-order valence-electron chi connectivity index (χ4n) is 2.76. The molecular formula is C15H21ClFN. The molecule has 100 valence electrons. The maximum atomic E-state index is 13.4. The molecule has 0 spiro atoms. The molecule has 3 atom stereocenters. The monoisotopic (exact) mass is 269 g/mol. The average molecular weight is 270 g/mol. The Hall–Kier alpha value is -0.600. The molecule has 2 rings (SSSR count). The van der Waals surface area contributed by atoms with Crippen LogP contribution in [0.1, 0.15) is 51.1 Å². The van der Waals surface area contributed by atoms with Gasteiger partial charge in [0.15, 0.2) is 0 Å². The molecule has 1 fully saturated rings. The van der Waals surface area contributed by atoms with Crippen LogP contribution in [0.15, 0.2) is 18.2 Å². The van der Waals surface area contributed by atoms with Gasteiger partial charge in [0.1, 0.15) is 5.82 Å². The van der Waals surface area contributed by atoms with Gasteiger partial charge in [0.05, 0.1) is 5.02 Å². The predicted molar refractivity (Wildman–Crippen MR) is 74.4 cm³/mol. The minimum absolute atomic E-state index is 0.169. The molecule has 0 radical (unpaired) electrons. The lowest BCUT2D eigenvalue weighted by atomic mass is 9.85. The quantitative estimate of drug-likeness (QED) is 0.838. The zero-order valence-electron chi connectivity index (χ0n) is 11.0.